The Morgan fingerprint density at radius 2 is 1.59 bits per heavy atom. The Balaban J connectivity index is 4.66. The van der Waals surface area contributed by atoms with Gasteiger partial charge in [0.15, 0.2) is 0 Å². The van der Waals surface area contributed by atoms with E-state index >= 15 is 0 Å². The number of halogens is 2. The molecule has 6 nitrogen and oxygen atoms in total. The van der Waals surface area contributed by atoms with Crippen LogP contribution in [0.15, 0.2) is 0 Å². The molecule has 0 aromatic heterocycles. The second-order valence-electron chi connectivity index (χ2n) is 3.45. The van der Waals surface area contributed by atoms with Gasteiger partial charge < -0.3 is 15.9 Å². The summed E-state index contributed by atoms with van der Waals surface area (Å²) in [7, 11) is 0. The van der Waals surface area contributed by atoms with E-state index in [0.717, 1.165) is 0 Å². The maximum absolute atomic E-state index is 11.1. The molecule has 0 aromatic carbocycles. The zero-order valence-electron chi connectivity index (χ0n) is 9.18. The van der Waals surface area contributed by atoms with Crippen molar-refractivity contribution in [2.24, 2.45) is 5.73 Å². The van der Waals surface area contributed by atoms with E-state index in [4.69, 9.17) is 39.1 Å². The number of nitrogens with two attached hydrogens (primary N) is 1. The smallest absolute Gasteiger partial charge is 0.320 e. The normalized spacial score (nSPS) is 14.6. The molecule has 4 N–H and O–H groups in total. The van der Waals surface area contributed by atoms with Crippen LogP contribution in [0.5, 0.6) is 0 Å². The van der Waals surface area contributed by atoms with Crippen molar-refractivity contribution in [2.45, 2.75) is 18.5 Å². The lowest BCUT2D eigenvalue weighted by atomic mass is 10.1. The van der Waals surface area contributed by atoms with Crippen LogP contribution in [-0.4, -0.2) is 64.0 Å². The number of aliphatic carboxylic acids is 2. The van der Waals surface area contributed by atoms with Gasteiger partial charge in [-0.05, 0) is 6.42 Å². The van der Waals surface area contributed by atoms with Crippen LogP contribution in [0.2, 0.25) is 0 Å². The van der Waals surface area contributed by atoms with Crippen LogP contribution in [0, 0.1) is 0 Å². The first kappa shape index (κ1) is 16.4. The Kier molecular flexibility index (Phi) is 8.24. The molecule has 0 radical (unpaired) electrons. The predicted octanol–water partition coefficient (Wildman–Crippen LogP) is 0.0212. The molecular weight excluding hydrogens is 271 g/mol. The van der Waals surface area contributed by atoms with Crippen molar-refractivity contribution < 1.29 is 19.8 Å². The van der Waals surface area contributed by atoms with Crippen molar-refractivity contribution >= 4 is 35.1 Å². The van der Waals surface area contributed by atoms with Crippen molar-refractivity contribution in [3.63, 3.8) is 0 Å². The minimum atomic E-state index is -1.23. The van der Waals surface area contributed by atoms with Gasteiger partial charge in [-0.2, -0.15) is 0 Å². The van der Waals surface area contributed by atoms with Gasteiger partial charge in [0.05, 0.1) is 0 Å². The maximum atomic E-state index is 11.1. The Morgan fingerprint density at radius 1 is 1.12 bits per heavy atom. The molecule has 0 amide bonds. The van der Waals surface area contributed by atoms with Crippen LogP contribution in [0.25, 0.3) is 0 Å². The number of alkyl halides is 2. The van der Waals surface area contributed by atoms with Gasteiger partial charge >= 0.3 is 11.9 Å². The van der Waals surface area contributed by atoms with Crippen molar-refractivity contribution in [2.75, 3.05) is 24.8 Å². The fourth-order valence-corrected chi connectivity index (χ4v) is 1.82. The number of carboxylic acids is 2. The third-order valence-electron chi connectivity index (χ3n) is 2.26. The molecule has 0 saturated heterocycles. The van der Waals surface area contributed by atoms with E-state index < -0.39 is 24.0 Å². The van der Waals surface area contributed by atoms with Crippen molar-refractivity contribution in [3.05, 3.63) is 0 Å². The van der Waals surface area contributed by atoms with Crippen molar-refractivity contribution in [1.82, 2.24) is 4.90 Å². The van der Waals surface area contributed by atoms with E-state index in [1.165, 1.54) is 4.90 Å². The van der Waals surface area contributed by atoms with Gasteiger partial charge in [0.25, 0.3) is 0 Å². The quantitative estimate of drug-likeness (QED) is 0.516. The highest BCUT2D eigenvalue weighted by Crippen LogP contribution is 2.08. The fraction of sp³-hybridized carbons (Fsp3) is 0.778. The average Bonchev–Trinajstić information content (AvgIpc) is 2.24. The summed E-state index contributed by atoms with van der Waals surface area (Å²) in [6.45, 7) is 0.634. The zero-order valence-corrected chi connectivity index (χ0v) is 10.7. The molecule has 0 aliphatic carbocycles. The van der Waals surface area contributed by atoms with Gasteiger partial charge in [-0.3, -0.25) is 14.5 Å². The standard InChI is InChI=1S/C9H16Cl2N2O4/c10-1-3-13(4-2-11)7(9(16)17)5-6(12)8(14)15/h6-7H,1-5,12H2,(H,14,15)(H,16,17). The van der Waals surface area contributed by atoms with E-state index in [2.05, 4.69) is 0 Å². The third-order valence-corrected chi connectivity index (χ3v) is 2.60. The van der Waals surface area contributed by atoms with Gasteiger partial charge in [0.2, 0.25) is 0 Å². The highest BCUT2D eigenvalue weighted by atomic mass is 35.5. The Bertz CT molecular complexity index is 259. The van der Waals surface area contributed by atoms with E-state index in [9.17, 15) is 9.59 Å². The Labute approximate surface area is 109 Å². The highest BCUT2D eigenvalue weighted by Gasteiger charge is 2.29. The predicted molar refractivity (Wildman–Crippen MR) is 64.7 cm³/mol. The number of hydrogen-bond donors (Lipinski definition) is 3. The summed E-state index contributed by atoms with van der Waals surface area (Å²) in [6, 6.07) is -2.21. The first-order valence-electron chi connectivity index (χ1n) is 5.01. The lowest BCUT2D eigenvalue weighted by molar-refractivity contribution is -0.145. The lowest BCUT2D eigenvalue weighted by Crippen LogP contribution is -2.48. The van der Waals surface area contributed by atoms with Crippen LogP contribution in [0.3, 0.4) is 0 Å². The van der Waals surface area contributed by atoms with E-state index in [-0.39, 0.29) is 18.2 Å². The summed E-state index contributed by atoms with van der Waals surface area (Å²) in [5, 5.41) is 17.7. The summed E-state index contributed by atoms with van der Waals surface area (Å²) in [5.74, 6) is -1.88. The molecule has 2 unspecified atom stereocenters. The van der Waals surface area contributed by atoms with Crippen LogP contribution in [0.4, 0.5) is 0 Å². The van der Waals surface area contributed by atoms with Crippen LogP contribution in [-0.2, 0) is 9.59 Å². The molecule has 0 saturated carbocycles. The van der Waals surface area contributed by atoms with Gasteiger partial charge in [-0.1, -0.05) is 0 Å². The SMILES string of the molecule is NC(CC(C(=O)O)N(CCCl)CCCl)C(=O)O. The summed E-state index contributed by atoms with van der Waals surface area (Å²) in [4.78, 5) is 23.2. The van der Waals surface area contributed by atoms with Gasteiger partial charge in [0, 0.05) is 24.8 Å². The summed E-state index contributed by atoms with van der Waals surface area (Å²) < 4.78 is 0. The molecule has 0 rings (SSSR count). The molecule has 0 fully saturated rings. The molecule has 100 valence electrons. The van der Waals surface area contributed by atoms with Gasteiger partial charge in [-0.15, -0.1) is 23.2 Å². The lowest BCUT2D eigenvalue weighted by Gasteiger charge is -2.28. The van der Waals surface area contributed by atoms with Gasteiger partial charge in [0.1, 0.15) is 12.1 Å². The zero-order chi connectivity index (χ0) is 13.4. The molecule has 8 heteroatoms. The molecule has 17 heavy (non-hydrogen) atoms. The first-order valence-corrected chi connectivity index (χ1v) is 6.08. The largest absolute Gasteiger partial charge is 0.480 e. The minimum absolute atomic E-state index is 0.182. The summed E-state index contributed by atoms with van der Waals surface area (Å²) >= 11 is 11.1. The monoisotopic (exact) mass is 286 g/mol. The average molecular weight is 287 g/mol. The highest BCUT2D eigenvalue weighted by molar-refractivity contribution is 6.18. The number of rotatable bonds is 9. The molecule has 0 bridgehead atoms. The van der Waals surface area contributed by atoms with Crippen molar-refractivity contribution in [3.8, 4) is 0 Å². The van der Waals surface area contributed by atoms with Crippen LogP contribution in [0.1, 0.15) is 6.42 Å². The number of carboxylic acid groups (broad SMARTS) is 2. The summed E-state index contributed by atoms with van der Waals surface area (Å²) in [6.07, 6.45) is -0.182. The molecule has 0 spiro atoms. The number of carbonyl (C=O) groups is 2. The second kappa shape index (κ2) is 8.52. The van der Waals surface area contributed by atoms with Crippen molar-refractivity contribution in [1.29, 1.82) is 0 Å². The maximum Gasteiger partial charge on any atom is 0.320 e. The molecule has 0 heterocycles. The van der Waals surface area contributed by atoms with Gasteiger partial charge in [-0.25, -0.2) is 0 Å². The molecule has 0 aromatic rings. The minimum Gasteiger partial charge on any atom is -0.480 e. The molecule has 0 aliphatic heterocycles. The Morgan fingerprint density at radius 3 is 1.88 bits per heavy atom. The third kappa shape index (κ3) is 6.07. The Hall–Kier alpha value is -0.560. The molecule has 0 aliphatic rings. The fourth-order valence-electron chi connectivity index (χ4n) is 1.39. The van der Waals surface area contributed by atoms with E-state index in [1.54, 1.807) is 0 Å². The summed E-state index contributed by atoms with van der Waals surface area (Å²) in [5.41, 5.74) is 5.33. The molecular formula is C9H16Cl2N2O4. The first-order chi connectivity index (χ1) is 7.93. The van der Waals surface area contributed by atoms with E-state index in [0.29, 0.717) is 13.1 Å². The van der Waals surface area contributed by atoms with Crippen LogP contribution >= 0.6 is 23.2 Å². The number of nitrogens with zero attached hydrogens (tertiary/aromatic N) is 1. The topological polar surface area (TPSA) is 104 Å². The van der Waals surface area contributed by atoms with E-state index in [1.807, 2.05) is 0 Å². The number of hydrogen-bond acceptors (Lipinski definition) is 4. The molecule has 2 atom stereocenters. The van der Waals surface area contributed by atoms with Crippen LogP contribution < -0.4 is 5.73 Å². The second-order valence-corrected chi connectivity index (χ2v) is 4.20.